The number of H-pyrrole nitrogens is 2. The highest BCUT2D eigenvalue weighted by atomic mass is 16.5. The molecule has 11 heteroatoms. The summed E-state index contributed by atoms with van der Waals surface area (Å²) >= 11 is 0. The monoisotopic (exact) mass is 635 g/mol. The number of hydrogen-bond acceptors (Lipinski definition) is 6. The number of alkyl carbamates (subject to hydrolysis) is 1. The number of rotatable bonds is 8. The molecule has 0 bridgehead atoms. The molecule has 4 atom stereocenters. The Kier molecular flexibility index (Phi) is 8.78. The Hall–Kier alpha value is -4.93. The average molecular weight is 636 g/mol. The van der Waals surface area contributed by atoms with Crippen LogP contribution >= 0.6 is 0 Å². The number of methoxy groups -OCH3 is 1. The number of ether oxygens (including phenoxy) is 1. The van der Waals surface area contributed by atoms with Crippen LogP contribution in [0.2, 0.25) is 0 Å². The zero-order valence-corrected chi connectivity index (χ0v) is 26.7. The lowest BCUT2D eigenvalue weighted by molar-refractivity contribution is -0.138. The summed E-state index contributed by atoms with van der Waals surface area (Å²) in [6.07, 6.45) is 11.3. The van der Waals surface area contributed by atoms with Gasteiger partial charge in [-0.05, 0) is 60.8 Å². The van der Waals surface area contributed by atoms with Crippen LogP contribution < -0.4 is 5.32 Å². The van der Waals surface area contributed by atoms with Crippen molar-refractivity contribution in [2.75, 3.05) is 20.2 Å². The van der Waals surface area contributed by atoms with Crippen LogP contribution in [0.4, 0.5) is 4.79 Å². The van der Waals surface area contributed by atoms with Gasteiger partial charge in [0.25, 0.3) is 0 Å². The molecule has 244 valence electrons. The Morgan fingerprint density at radius 2 is 1.32 bits per heavy atom. The largest absolute Gasteiger partial charge is 0.453 e. The number of hydrogen-bond donors (Lipinski definition) is 3. The Labute approximate surface area is 274 Å². The van der Waals surface area contributed by atoms with Crippen LogP contribution in [0.25, 0.3) is 33.6 Å². The number of benzene rings is 2. The number of amides is 3. The first kappa shape index (κ1) is 30.7. The van der Waals surface area contributed by atoms with Crippen molar-refractivity contribution in [3.8, 4) is 33.6 Å². The second-order valence-corrected chi connectivity index (χ2v) is 12.8. The highest BCUT2D eigenvalue weighted by Gasteiger charge is 2.40. The maximum atomic E-state index is 13.8. The Balaban J connectivity index is 1.01. The zero-order chi connectivity index (χ0) is 32.3. The molecule has 3 fully saturated rings. The summed E-state index contributed by atoms with van der Waals surface area (Å²) < 4.78 is 4.81. The molecule has 2 saturated heterocycles. The third-order valence-electron chi connectivity index (χ3n) is 10.1. The van der Waals surface area contributed by atoms with Gasteiger partial charge in [0, 0.05) is 19.1 Å². The van der Waals surface area contributed by atoms with E-state index in [0.717, 1.165) is 110 Å². The van der Waals surface area contributed by atoms with E-state index in [0.29, 0.717) is 6.54 Å². The molecule has 0 spiro atoms. The van der Waals surface area contributed by atoms with Crippen molar-refractivity contribution in [2.45, 2.75) is 69.5 Å². The first-order valence-electron chi connectivity index (χ1n) is 16.7. The molecule has 7 rings (SSSR count). The van der Waals surface area contributed by atoms with E-state index in [1.165, 1.54) is 7.11 Å². The minimum atomic E-state index is -0.484. The van der Waals surface area contributed by atoms with Gasteiger partial charge in [0.05, 0.1) is 48.9 Å². The Bertz CT molecular complexity index is 1710. The molecule has 3 aliphatic rings. The van der Waals surface area contributed by atoms with Crippen molar-refractivity contribution >= 4 is 18.4 Å². The first-order chi connectivity index (χ1) is 23.0. The second kappa shape index (κ2) is 13.4. The molecule has 47 heavy (non-hydrogen) atoms. The number of aromatic nitrogens is 4. The summed E-state index contributed by atoms with van der Waals surface area (Å²) in [5.74, 6) is 1.48. The number of carbonyl (C=O) groups is 3. The van der Waals surface area contributed by atoms with Gasteiger partial charge in [-0.3, -0.25) is 9.59 Å². The highest BCUT2D eigenvalue weighted by Crippen LogP contribution is 2.36. The van der Waals surface area contributed by atoms with Gasteiger partial charge in [0.15, 0.2) is 0 Å². The van der Waals surface area contributed by atoms with Crippen molar-refractivity contribution in [3.05, 3.63) is 72.6 Å². The normalized spacial score (nSPS) is 22.7. The summed E-state index contributed by atoms with van der Waals surface area (Å²) in [7, 11) is 1.35. The van der Waals surface area contributed by atoms with E-state index in [2.05, 4.69) is 68.8 Å². The molecular weight excluding hydrogens is 594 g/mol. The first-order valence-corrected chi connectivity index (χ1v) is 16.7. The predicted octanol–water partition coefficient (Wildman–Crippen LogP) is 6.01. The molecule has 11 nitrogen and oxygen atoms in total. The number of nitrogens with one attached hydrogen (secondary N) is 3. The molecule has 3 amide bonds. The van der Waals surface area contributed by atoms with E-state index in [4.69, 9.17) is 9.72 Å². The lowest BCUT2D eigenvalue weighted by Gasteiger charge is -2.35. The van der Waals surface area contributed by atoms with E-state index < -0.39 is 6.09 Å². The summed E-state index contributed by atoms with van der Waals surface area (Å²) in [6.45, 7) is 1.47. The predicted molar refractivity (Wildman–Crippen MR) is 177 cm³/mol. The summed E-state index contributed by atoms with van der Waals surface area (Å²) in [6, 6.07) is 16.5. The number of imidazole rings is 2. The maximum absolute atomic E-state index is 13.8. The molecule has 3 N–H and O–H groups in total. The average Bonchev–Trinajstić information content (AvgIpc) is 3.95. The zero-order valence-electron chi connectivity index (χ0n) is 26.7. The molecule has 2 aliphatic heterocycles. The Morgan fingerprint density at radius 1 is 0.766 bits per heavy atom. The van der Waals surface area contributed by atoms with Crippen molar-refractivity contribution in [1.82, 2.24) is 35.1 Å². The maximum Gasteiger partial charge on any atom is 0.407 e. The summed E-state index contributed by atoms with van der Waals surface area (Å²) in [4.78, 5) is 57.0. The molecule has 2 aromatic heterocycles. The number of carbonyl (C=O) groups excluding carboxylic acids is 3. The Morgan fingerprint density at radius 3 is 1.94 bits per heavy atom. The van der Waals surface area contributed by atoms with Gasteiger partial charge in [-0.25, -0.2) is 14.8 Å². The van der Waals surface area contributed by atoms with Gasteiger partial charge < -0.3 is 29.8 Å². The fraction of sp³-hybridized carbons (Fsp3) is 0.417. The lowest BCUT2D eigenvalue weighted by atomic mass is 9.83. The highest BCUT2D eigenvalue weighted by molar-refractivity contribution is 5.81. The smallest absolute Gasteiger partial charge is 0.407 e. The minimum Gasteiger partial charge on any atom is -0.453 e. The fourth-order valence-corrected chi connectivity index (χ4v) is 7.54. The SMILES string of the molecule is COC(=O)N[C@@H]1CCCCC1C(=O)N1CCC[C@H]1c1ncc(-c2ccc(-c3ccc(-c4cnc([C@@H]5CCCN5C=O)[nH]4)cc3)cc2)[nH]1. The van der Waals surface area contributed by atoms with Crippen molar-refractivity contribution in [2.24, 2.45) is 5.92 Å². The molecule has 1 saturated carbocycles. The second-order valence-electron chi connectivity index (χ2n) is 12.8. The van der Waals surface area contributed by atoms with Crippen molar-refractivity contribution in [1.29, 1.82) is 0 Å². The molecule has 1 aliphatic carbocycles. The third-order valence-corrected chi connectivity index (χ3v) is 10.1. The van der Waals surface area contributed by atoms with Crippen molar-refractivity contribution < 1.29 is 19.1 Å². The van der Waals surface area contributed by atoms with Gasteiger partial charge in [-0.2, -0.15) is 0 Å². The van der Waals surface area contributed by atoms with Crippen LogP contribution in [0.15, 0.2) is 60.9 Å². The van der Waals surface area contributed by atoms with Gasteiger partial charge in [-0.15, -0.1) is 0 Å². The summed E-state index contributed by atoms with van der Waals surface area (Å²) in [5, 5.41) is 2.90. The van der Waals surface area contributed by atoms with E-state index in [1.807, 2.05) is 22.2 Å². The molecule has 4 aromatic rings. The van der Waals surface area contributed by atoms with E-state index in [9.17, 15) is 14.4 Å². The van der Waals surface area contributed by atoms with Crippen LogP contribution in [-0.2, 0) is 14.3 Å². The number of likely N-dealkylation sites (tertiary alicyclic amines) is 2. The van der Waals surface area contributed by atoms with E-state index >= 15 is 0 Å². The number of aromatic amines is 2. The summed E-state index contributed by atoms with van der Waals surface area (Å²) in [5.41, 5.74) is 6.13. The van der Waals surface area contributed by atoms with Crippen LogP contribution in [0, 0.1) is 5.92 Å². The van der Waals surface area contributed by atoms with E-state index in [-0.39, 0.29) is 30.0 Å². The molecule has 4 heterocycles. The van der Waals surface area contributed by atoms with Crippen LogP contribution in [0.1, 0.15) is 75.1 Å². The van der Waals surface area contributed by atoms with Crippen LogP contribution in [0.3, 0.4) is 0 Å². The molecular formula is C36H41N7O4. The topological polar surface area (TPSA) is 136 Å². The standard InChI is InChI=1S/C36H41N7O4/c1-47-36(46)41-28-7-3-2-6-27(28)35(45)43-19-5-9-32(43)34-38-21-30(40-34)26-16-12-24(13-17-26)23-10-14-25(15-11-23)29-20-37-33(39-29)31-8-4-18-42(31)22-44/h10-17,20-22,27-28,31-32H,2-9,18-19H2,1H3,(H,37,39)(H,38,40)(H,41,46)/t27?,28-,31+,32+/m1/s1. The quantitative estimate of drug-likeness (QED) is 0.203. The molecule has 0 radical (unpaired) electrons. The van der Waals surface area contributed by atoms with Gasteiger partial charge in [0.1, 0.15) is 11.6 Å². The lowest BCUT2D eigenvalue weighted by Crippen LogP contribution is -2.49. The minimum absolute atomic E-state index is 0.0238. The fourth-order valence-electron chi connectivity index (χ4n) is 7.54. The number of nitrogens with zero attached hydrogens (tertiary/aromatic N) is 4. The molecule has 1 unspecified atom stereocenters. The van der Waals surface area contributed by atoms with Crippen LogP contribution in [0.5, 0.6) is 0 Å². The molecule has 2 aromatic carbocycles. The third kappa shape index (κ3) is 6.26. The van der Waals surface area contributed by atoms with Crippen molar-refractivity contribution in [3.63, 3.8) is 0 Å². The van der Waals surface area contributed by atoms with Gasteiger partial charge in [-0.1, -0.05) is 61.4 Å². The van der Waals surface area contributed by atoms with E-state index in [1.54, 1.807) is 0 Å². The van der Waals surface area contributed by atoms with Gasteiger partial charge >= 0.3 is 6.09 Å². The van der Waals surface area contributed by atoms with Gasteiger partial charge in [0.2, 0.25) is 12.3 Å². The van der Waals surface area contributed by atoms with Crippen LogP contribution in [-0.4, -0.2) is 74.4 Å².